The zero-order chi connectivity index (χ0) is 7.28. The van der Waals surface area contributed by atoms with Gasteiger partial charge in [0.05, 0.1) is 0 Å². The number of rotatable bonds is 3. The standard InChI is InChI=1S/C6H9BrO2/c1-2-3-4-5(7)6(8)9/h2-3,5H,4H2,1H3,(H,8,9). The van der Waals surface area contributed by atoms with Gasteiger partial charge in [-0.05, 0) is 13.3 Å². The van der Waals surface area contributed by atoms with Gasteiger partial charge in [-0.1, -0.05) is 28.1 Å². The van der Waals surface area contributed by atoms with Crippen molar-refractivity contribution in [2.75, 3.05) is 0 Å². The summed E-state index contributed by atoms with van der Waals surface area (Å²) in [5.74, 6) is -0.812. The Morgan fingerprint density at radius 3 is 2.78 bits per heavy atom. The first kappa shape index (κ1) is 8.69. The van der Waals surface area contributed by atoms with Gasteiger partial charge in [-0.2, -0.15) is 0 Å². The van der Waals surface area contributed by atoms with Gasteiger partial charge < -0.3 is 5.11 Å². The van der Waals surface area contributed by atoms with Crippen molar-refractivity contribution in [3.63, 3.8) is 0 Å². The number of hydrogen-bond acceptors (Lipinski definition) is 1. The molecular formula is C6H9BrO2. The minimum atomic E-state index is -0.812. The highest BCUT2D eigenvalue weighted by atomic mass is 79.9. The molecule has 0 amide bonds. The molecule has 9 heavy (non-hydrogen) atoms. The summed E-state index contributed by atoms with van der Waals surface area (Å²) in [4.78, 5) is 9.69. The molecule has 1 atom stereocenters. The van der Waals surface area contributed by atoms with Crippen molar-refractivity contribution in [1.82, 2.24) is 0 Å². The second kappa shape index (κ2) is 4.56. The largest absolute Gasteiger partial charge is 0.480 e. The van der Waals surface area contributed by atoms with Crippen LogP contribution in [-0.2, 0) is 4.79 Å². The molecule has 2 nitrogen and oxygen atoms in total. The first-order valence-corrected chi connectivity index (χ1v) is 3.58. The van der Waals surface area contributed by atoms with Crippen LogP contribution in [0.25, 0.3) is 0 Å². The summed E-state index contributed by atoms with van der Waals surface area (Å²) in [7, 11) is 0. The molecule has 0 saturated heterocycles. The lowest BCUT2D eigenvalue weighted by Gasteiger charge is -1.96. The van der Waals surface area contributed by atoms with E-state index in [1.165, 1.54) is 0 Å². The van der Waals surface area contributed by atoms with Crippen molar-refractivity contribution in [3.8, 4) is 0 Å². The van der Waals surface area contributed by atoms with E-state index in [0.29, 0.717) is 6.42 Å². The fourth-order valence-corrected chi connectivity index (χ4v) is 0.572. The van der Waals surface area contributed by atoms with Gasteiger partial charge in [0.2, 0.25) is 0 Å². The third kappa shape index (κ3) is 4.21. The molecule has 0 spiro atoms. The second-order valence-corrected chi connectivity index (χ2v) is 2.72. The molecule has 0 aliphatic carbocycles. The normalized spacial score (nSPS) is 14.0. The summed E-state index contributed by atoms with van der Waals surface area (Å²) in [5, 5.41) is 8.33. The Morgan fingerprint density at radius 2 is 2.44 bits per heavy atom. The van der Waals surface area contributed by atoms with E-state index in [0.717, 1.165) is 0 Å². The van der Waals surface area contributed by atoms with Crippen LogP contribution in [0.5, 0.6) is 0 Å². The SMILES string of the molecule is CC=CCC(Br)C(=O)O. The topological polar surface area (TPSA) is 37.3 Å². The first-order valence-electron chi connectivity index (χ1n) is 2.66. The van der Waals surface area contributed by atoms with Crippen LogP contribution in [0.4, 0.5) is 0 Å². The average Bonchev–Trinajstić information content (AvgIpc) is 1.82. The number of allylic oxidation sites excluding steroid dienone is 2. The fraction of sp³-hybridized carbons (Fsp3) is 0.500. The fourth-order valence-electron chi connectivity index (χ4n) is 0.356. The molecule has 1 N–H and O–H groups in total. The summed E-state index contributed by atoms with van der Waals surface area (Å²) in [6, 6.07) is 0. The molecule has 3 heteroatoms. The van der Waals surface area contributed by atoms with Crippen LogP contribution in [0.15, 0.2) is 12.2 Å². The maximum absolute atomic E-state index is 10.1. The summed E-state index contributed by atoms with van der Waals surface area (Å²) in [5.41, 5.74) is 0. The lowest BCUT2D eigenvalue weighted by atomic mass is 10.3. The third-order valence-corrected chi connectivity index (χ3v) is 1.61. The Bertz CT molecular complexity index is 120. The molecule has 52 valence electrons. The molecule has 0 aromatic carbocycles. The molecule has 0 rings (SSSR count). The molecule has 0 radical (unpaired) electrons. The monoisotopic (exact) mass is 192 g/mol. The lowest BCUT2D eigenvalue weighted by Crippen LogP contribution is -2.10. The highest BCUT2D eigenvalue weighted by Crippen LogP contribution is 2.04. The van der Waals surface area contributed by atoms with Gasteiger partial charge in [0, 0.05) is 0 Å². The smallest absolute Gasteiger partial charge is 0.317 e. The van der Waals surface area contributed by atoms with E-state index in [1.807, 2.05) is 19.1 Å². The van der Waals surface area contributed by atoms with Crippen LogP contribution < -0.4 is 0 Å². The lowest BCUT2D eigenvalue weighted by molar-refractivity contribution is -0.136. The van der Waals surface area contributed by atoms with Crippen molar-refractivity contribution >= 4 is 21.9 Å². The molecular weight excluding hydrogens is 184 g/mol. The number of alkyl halides is 1. The average molecular weight is 193 g/mol. The maximum atomic E-state index is 10.1. The molecule has 0 aromatic rings. The number of halogens is 1. The van der Waals surface area contributed by atoms with Gasteiger partial charge in [-0.15, -0.1) is 0 Å². The minimum absolute atomic E-state index is 0.436. The Morgan fingerprint density at radius 1 is 1.89 bits per heavy atom. The molecule has 0 fully saturated rings. The van der Waals surface area contributed by atoms with Crippen LogP contribution >= 0.6 is 15.9 Å². The van der Waals surface area contributed by atoms with Crippen molar-refractivity contribution in [2.45, 2.75) is 18.2 Å². The predicted molar refractivity (Wildman–Crippen MR) is 39.8 cm³/mol. The zero-order valence-corrected chi connectivity index (χ0v) is 6.76. The molecule has 1 unspecified atom stereocenters. The summed E-state index contributed by atoms with van der Waals surface area (Å²) in [6.45, 7) is 1.86. The molecule has 0 heterocycles. The van der Waals surface area contributed by atoms with E-state index in [1.54, 1.807) is 0 Å². The van der Waals surface area contributed by atoms with E-state index in [4.69, 9.17) is 5.11 Å². The Hall–Kier alpha value is -0.310. The molecule has 0 saturated carbocycles. The van der Waals surface area contributed by atoms with E-state index >= 15 is 0 Å². The zero-order valence-electron chi connectivity index (χ0n) is 5.17. The number of carbonyl (C=O) groups is 1. The van der Waals surface area contributed by atoms with Crippen molar-refractivity contribution in [3.05, 3.63) is 12.2 Å². The Kier molecular flexibility index (Phi) is 4.40. The van der Waals surface area contributed by atoms with Crippen molar-refractivity contribution < 1.29 is 9.90 Å². The predicted octanol–water partition coefficient (Wildman–Crippen LogP) is 1.80. The Balaban J connectivity index is 3.50. The van der Waals surface area contributed by atoms with Crippen molar-refractivity contribution in [1.29, 1.82) is 0 Å². The van der Waals surface area contributed by atoms with E-state index in [9.17, 15) is 4.79 Å². The van der Waals surface area contributed by atoms with E-state index in [-0.39, 0.29) is 0 Å². The summed E-state index contributed by atoms with van der Waals surface area (Å²) < 4.78 is 0. The van der Waals surface area contributed by atoms with Crippen LogP contribution in [0.2, 0.25) is 0 Å². The van der Waals surface area contributed by atoms with Gasteiger partial charge in [-0.3, -0.25) is 4.79 Å². The van der Waals surface area contributed by atoms with Gasteiger partial charge >= 0.3 is 5.97 Å². The molecule has 0 aromatic heterocycles. The van der Waals surface area contributed by atoms with Gasteiger partial charge in [-0.25, -0.2) is 0 Å². The minimum Gasteiger partial charge on any atom is -0.480 e. The molecule has 0 bridgehead atoms. The summed E-state index contributed by atoms with van der Waals surface area (Å²) in [6.07, 6.45) is 4.19. The van der Waals surface area contributed by atoms with Gasteiger partial charge in [0.1, 0.15) is 4.83 Å². The number of carboxylic acids is 1. The Labute approximate surface area is 62.7 Å². The first-order chi connectivity index (χ1) is 4.18. The number of carboxylic acid groups (broad SMARTS) is 1. The van der Waals surface area contributed by atoms with E-state index < -0.39 is 10.8 Å². The maximum Gasteiger partial charge on any atom is 0.317 e. The number of aliphatic carboxylic acids is 1. The quantitative estimate of drug-likeness (QED) is 0.548. The molecule has 0 aliphatic rings. The summed E-state index contributed by atoms with van der Waals surface area (Å²) >= 11 is 2.99. The van der Waals surface area contributed by atoms with Crippen LogP contribution in [0.3, 0.4) is 0 Å². The van der Waals surface area contributed by atoms with Gasteiger partial charge in [0.25, 0.3) is 0 Å². The molecule has 0 aliphatic heterocycles. The second-order valence-electron chi connectivity index (χ2n) is 1.61. The highest BCUT2D eigenvalue weighted by Gasteiger charge is 2.08. The van der Waals surface area contributed by atoms with Gasteiger partial charge in [0.15, 0.2) is 0 Å². The third-order valence-electron chi connectivity index (χ3n) is 0.847. The van der Waals surface area contributed by atoms with Crippen LogP contribution in [0.1, 0.15) is 13.3 Å². The number of hydrogen-bond donors (Lipinski definition) is 1. The van der Waals surface area contributed by atoms with E-state index in [2.05, 4.69) is 15.9 Å². The van der Waals surface area contributed by atoms with Crippen molar-refractivity contribution in [2.24, 2.45) is 0 Å². The highest BCUT2D eigenvalue weighted by molar-refractivity contribution is 9.10. The van der Waals surface area contributed by atoms with Crippen LogP contribution in [0, 0.1) is 0 Å². The van der Waals surface area contributed by atoms with Crippen LogP contribution in [-0.4, -0.2) is 15.9 Å².